The Morgan fingerprint density at radius 3 is 1.65 bits per heavy atom. The molecule has 3 heterocycles. The largest absolute Gasteiger partial charge is 0.326 e. The van der Waals surface area contributed by atoms with Crippen LogP contribution in [0.5, 0.6) is 0 Å². The number of amides is 2. The van der Waals surface area contributed by atoms with Gasteiger partial charge in [0.05, 0.1) is 13.3 Å². The number of likely N-dealkylation sites (N-methyl/N-ethyl adjacent to an activating group) is 2. The number of halogens is 1. The van der Waals surface area contributed by atoms with Crippen LogP contribution in [0.15, 0.2) is 6.33 Å². The van der Waals surface area contributed by atoms with Gasteiger partial charge >= 0.3 is 0 Å². The van der Waals surface area contributed by atoms with E-state index in [9.17, 15) is 14.0 Å². The molecular weight excluding hydrogens is 303 g/mol. The minimum absolute atomic E-state index is 0.0782. The van der Waals surface area contributed by atoms with Crippen LogP contribution in [0, 0.1) is 5.82 Å². The summed E-state index contributed by atoms with van der Waals surface area (Å²) in [5, 5.41) is 0. The molecule has 0 aromatic carbocycles. The van der Waals surface area contributed by atoms with Gasteiger partial charge in [-0.2, -0.15) is 4.39 Å². The van der Waals surface area contributed by atoms with Crippen LogP contribution in [0.4, 0.5) is 16.0 Å². The van der Waals surface area contributed by atoms with Gasteiger partial charge in [0.15, 0.2) is 11.6 Å². The van der Waals surface area contributed by atoms with Crippen LogP contribution >= 0.6 is 0 Å². The maximum Gasteiger partial charge on any atom is 0.246 e. The zero-order valence-corrected chi connectivity index (χ0v) is 13.5. The molecule has 0 spiro atoms. The summed E-state index contributed by atoms with van der Waals surface area (Å²) in [7, 11) is 3.32. The van der Waals surface area contributed by atoms with Gasteiger partial charge < -0.3 is 19.6 Å². The lowest BCUT2D eigenvalue weighted by Gasteiger charge is -2.25. The van der Waals surface area contributed by atoms with Crippen molar-refractivity contribution in [1.82, 2.24) is 19.8 Å². The molecule has 2 saturated heterocycles. The maximum absolute atomic E-state index is 15.0. The number of nitrogens with zero attached hydrogens (tertiary/aromatic N) is 6. The first kappa shape index (κ1) is 15.4. The molecule has 1 aromatic rings. The molecule has 9 heteroatoms. The van der Waals surface area contributed by atoms with E-state index in [1.165, 1.54) is 16.1 Å². The number of aromatic nitrogens is 2. The van der Waals surface area contributed by atoms with E-state index in [4.69, 9.17) is 0 Å². The summed E-state index contributed by atoms with van der Waals surface area (Å²) in [6, 6.07) is -0.977. The van der Waals surface area contributed by atoms with Crippen LogP contribution in [0.25, 0.3) is 0 Å². The quantitative estimate of drug-likeness (QED) is 0.755. The molecule has 2 unspecified atom stereocenters. The molecule has 3 rings (SSSR count). The highest BCUT2D eigenvalue weighted by Gasteiger charge is 2.39. The highest BCUT2D eigenvalue weighted by Crippen LogP contribution is 2.30. The number of carbonyl (C=O) groups is 2. The molecule has 2 aliphatic rings. The molecule has 8 nitrogen and oxygen atoms in total. The standard InChI is InChI=1S/C14H19FN6O2/c1-8-13(22)18(3)6-20(8)11-10(15)12(17-5-16-11)21-7-19(4)14(23)9(21)2/h5,8-9H,6-7H2,1-4H3. The summed E-state index contributed by atoms with van der Waals surface area (Å²) in [5.74, 6) is -0.635. The zero-order valence-electron chi connectivity index (χ0n) is 13.5. The van der Waals surface area contributed by atoms with Gasteiger partial charge in [0, 0.05) is 14.1 Å². The Kier molecular flexibility index (Phi) is 3.57. The predicted octanol–water partition coefficient (Wildman–Crippen LogP) is -0.135. The van der Waals surface area contributed by atoms with Crippen molar-refractivity contribution in [3.05, 3.63) is 12.1 Å². The molecule has 0 bridgehead atoms. The fourth-order valence-electron chi connectivity index (χ4n) is 3.00. The third-order valence-corrected chi connectivity index (χ3v) is 4.43. The molecule has 0 radical (unpaired) electrons. The van der Waals surface area contributed by atoms with Gasteiger partial charge in [0.25, 0.3) is 0 Å². The second kappa shape index (κ2) is 5.32. The zero-order chi connectivity index (χ0) is 16.9. The van der Waals surface area contributed by atoms with Gasteiger partial charge in [-0.3, -0.25) is 9.59 Å². The van der Waals surface area contributed by atoms with Gasteiger partial charge in [-0.05, 0) is 13.8 Å². The molecule has 124 valence electrons. The van der Waals surface area contributed by atoms with Crippen LogP contribution < -0.4 is 9.80 Å². The van der Waals surface area contributed by atoms with Crippen LogP contribution in [0.2, 0.25) is 0 Å². The van der Waals surface area contributed by atoms with E-state index in [0.717, 1.165) is 0 Å². The molecule has 0 aliphatic carbocycles. The third kappa shape index (κ3) is 2.27. The van der Waals surface area contributed by atoms with Gasteiger partial charge in [-0.25, -0.2) is 9.97 Å². The van der Waals surface area contributed by atoms with Crippen molar-refractivity contribution in [3.8, 4) is 0 Å². The Bertz CT molecular complexity index is 616. The van der Waals surface area contributed by atoms with Crippen molar-refractivity contribution < 1.29 is 14.0 Å². The summed E-state index contributed by atoms with van der Waals surface area (Å²) in [6.45, 7) is 3.95. The monoisotopic (exact) mass is 322 g/mol. The molecule has 2 amide bonds. The van der Waals surface area contributed by atoms with E-state index in [0.29, 0.717) is 0 Å². The average molecular weight is 322 g/mol. The molecule has 2 fully saturated rings. The van der Waals surface area contributed by atoms with Crippen molar-refractivity contribution in [3.63, 3.8) is 0 Å². The molecule has 2 aliphatic heterocycles. The lowest BCUT2D eigenvalue weighted by Crippen LogP contribution is -2.34. The highest BCUT2D eigenvalue weighted by molar-refractivity contribution is 5.89. The van der Waals surface area contributed by atoms with Gasteiger partial charge in [0.1, 0.15) is 18.4 Å². The number of carbonyl (C=O) groups excluding carboxylic acids is 2. The number of hydrogen-bond donors (Lipinski definition) is 0. The first-order chi connectivity index (χ1) is 10.8. The summed E-state index contributed by atoms with van der Waals surface area (Å²) in [4.78, 5) is 38.1. The third-order valence-electron chi connectivity index (χ3n) is 4.43. The van der Waals surface area contributed by atoms with Gasteiger partial charge in [-0.15, -0.1) is 0 Å². The molecule has 23 heavy (non-hydrogen) atoms. The summed E-state index contributed by atoms with van der Waals surface area (Å²) < 4.78 is 15.0. The first-order valence-corrected chi connectivity index (χ1v) is 7.36. The van der Waals surface area contributed by atoms with Crippen LogP contribution in [0.1, 0.15) is 13.8 Å². The van der Waals surface area contributed by atoms with E-state index < -0.39 is 17.9 Å². The van der Waals surface area contributed by atoms with Crippen molar-refractivity contribution in [2.24, 2.45) is 0 Å². The second-order valence-electron chi connectivity index (χ2n) is 5.98. The topological polar surface area (TPSA) is 72.9 Å². The summed E-state index contributed by atoms with van der Waals surface area (Å²) >= 11 is 0. The Morgan fingerprint density at radius 2 is 1.35 bits per heavy atom. The van der Waals surface area contributed by atoms with Crippen molar-refractivity contribution in [2.75, 3.05) is 37.2 Å². The fourth-order valence-corrected chi connectivity index (χ4v) is 3.00. The average Bonchev–Trinajstić information content (AvgIpc) is 2.93. The smallest absolute Gasteiger partial charge is 0.246 e. The second-order valence-corrected chi connectivity index (χ2v) is 5.98. The molecule has 0 saturated carbocycles. The highest BCUT2D eigenvalue weighted by atomic mass is 19.1. The number of anilines is 2. The van der Waals surface area contributed by atoms with Crippen molar-refractivity contribution >= 4 is 23.5 Å². The molecule has 0 N–H and O–H groups in total. The normalized spacial score (nSPS) is 25.1. The SMILES string of the molecule is CC1C(=O)N(C)CN1c1ncnc(N2CN(C)C(=O)C2C)c1F. The maximum atomic E-state index is 15.0. The Hall–Kier alpha value is -2.45. The Balaban J connectivity index is 1.97. The first-order valence-electron chi connectivity index (χ1n) is 7.36. The Labute approximate surface area is 133 Å². The summed E-state index contributed by atoms with van der Waals surface area (Å²) in [5.41, 5.74) is 0. The lowest BCUT2D eigenvalue weighted by molar-refractivity contribution is -0.128. The van der Waals surface area contributed by atoms with Crippen LogP contribution in [-0.2, 0) is 9.59 Å². The number of rotatable bonds is 2. The minimum atomic E-state index is -0.614. The predicted molar refractivity (Wildman–Crippen MR) is 81.1 cm³/mol. The summed E-state index contributed by atoms with van der Waals surface area (Å²) in [6.07, 6.45) is 1.26. The van der Waals surface area contributed by atoms with Crippen molar-refractivity contribution in [1.29, 1.82) is 0 Å². The van der Waals surface area contributed by atoms with Crippen LogP contribution in [-0.4, -0.2) is 71.1 Å². The fraction of sp³-hybridized carbons (Fsp3) is 0.571. The van der Waals surface area contributed by atoms with E-state index in [2.05, 4.69) is 9.97 Å². The molecule has 1 aromatic heterocycles. The molecule has 2 atom stereocenters. The molecular formula is C14H19FN6O2. The lowest BCUT2D eigenvalue weighted by atomic mass is 10.3. The van der Waals surface area contributed by atoms with E-state index in [1.807, 2.05) is 0 Å². The van der Waals surface area contributed by atoms with Gasteiger partial charge in [-0.1, -0.05) is 0 Å². The Morgan fingerprint density at radius 1 is 0.957 bits per heavy atom. The van der Waals surface area contributed by atoms with E-state index in [-0.39, 0.29) is 36.8 Å². The minimum Gasteiger partial charge on any atom is -0.326 e. The number of hydrogen-bond acceptors (Lipinski definition) is 6. The van der Waals surface area contributed by atoms with E-state index >= 15 is 0 Å². The van der Waals surface area contributed by atoms with Gasteiger partial charge in [0.2, 0.25) is 17.6 Å². The van der Waals surface area contributed by atoms with Crippen molar-refractivity contribution in [2.45, 2.75) is 25.9 Å². The van der Waals surface area contributed by atoms with Crippen LogP contribution in [0.3, 0.4) is 0 Å². The van der Waals surface area contributed by atoms with E-state index in [1.54, 1.807) is 37.7 Å².